The van der Waals surface area contributed by atoms with E-state index in [1.165, 1.54) is 6.92 Å². The van der Waals surface area contributed by atoms with Crippen molar-refractivity contribution < 1.29 is 31.8 Å². The molecule has 0 N–H and O–H groups in total. The molecule has 0 fully saturated rings. The third kappa shape index (κ3) is 4.52. The fourth-order valence-electron chi connectivity index (χ4n) is 3.93. The number of alkyl halides is 3. The molecular formula is C23H24F4N2O5Si. The first-order valence-electron chi connectivity index (χ1n) is 10.5. The lowest BCUT2D eigenvalue weighted by Gasteiger charge is -2.20. The van der Waals surface area contributed by atoms with Gasteiger partial charge >= 0.3 is 17.8 Å². The minimum atomic E-state index is -4.99. The van der Waals surface area contributed by atoms with Crippen molar-refractivity contribution in [3.63, 3.8) is 0 Å². The van der Waals surface area contributed by atoms with E-state index in [1.54, 1.807) is 0 Å². The SMILES string of the molecule is COC(=O)C1(C)Cc2c(c(C#C[Si](C)(C)C)cc(F)c2-n2c(=O)c(C)c(C(F)(F)F)n(C)c2=O)O1. The summed E-state index contributed by atoms with van der Waals surface area (Å²) in [5, 5.41) is 0. The van der Waals surface area contributed by atoms with Crippen LogP contribution in [0.2, 0.25) is 19.6 Å². The van der Waals surface area contributed by atoms with Crippen LogP contribution >= 0.6 is 0 Å². The number of carbonyl (C=O) groups excluding carboxylic acids is 1. The van der Waals surface area contributed by atoms with Crippen LogP contribution in [0.25, 0.3) is 5.69 Å². The van der Waals surface area contributed by atoms with Crippen LogP contribution in [-0.4, -0.2) is 35.9 Å². The molecular weight excluding hydrogens is 488 g/mol. The molecule has 1 aromatic carbocycles. The zero-order valence-electron chi connectivity index (χ0n) is 20.2. The van der Waals surface area contributed by atoms with Gasteiger partial charge in [-0.1, -0.05) is 25.6 Å². The third-order valence-electron chi connectivity index (χ3n) is 5.52. The van der Waals surface area contributed by atoms with Gasteiger partial charge in [0.2, 0.25) is 5.60 Å². The van der Waals surface area contributed by atoms with Crippen LogP contribution in [0.4, 0.5) is 17.6 Å². The summed E-state index contributed by atoms with van der Waals surface area (Å²) in [7, 11) is 0.0393. The number of rotatable bonds is 2. The van der Waals surface area contributed by atoms with Crippen molar-refractivity contribution in [1.29, 1.82) is 0 Å². The number of hydrogen-bond acceptors (Lipinski definition) is 5. The highest BCUT2D eigenvalue weighted by Crippen LogP contribution is 2.42. The van der Waals surface area contributed by atoms with Crippen LogP contribution < -0.4 is 16.0 Å². The highest BCUT2D eigenvalue weighted by atomic mass is 28.3. The van der Waals surface area contributed by atoms with Crippen molar-refractivity contribution >= 4 is 14.0 Å². The van der Waals surface area contributed by atoms with Gasteiger partial charge in [0.25, 0.3) is 5.56 Å². The summed E-state index contributed by atoms with van der Waals surface area (Å²) in [6.07, 6.45) is -5.29. The Bertz CT molecular complexity index is 1390. The van der Waals surface area contributed by atoms with Gasteiger partial charge in [-0.15, -0.1) is 5.54 Å². The van der Waals surface area contributed by atoms with Crippen molar-refractivity contribution in [2.75, 3.05) is 7.11 Å². The second-order valence-electron chi connectivity index (χ2n) is 9.52. The molecule has 35 heavy (non-hydrogen) atoms. The summed E-state index contributed by atoms with van der Waals surface area (Å²) in [6, 6.07) is 0.948. The summed E-state index contributed by atoms with van der Waals surface area (Å²) in [4.78, 5) is 38.4. The van der Waals surface area contributed by atoms with Gasteiger partial charge in [-0.05, 0) is 19.9 Å². The Labute approximate surface area is 199 Å². The average molecular weight is 513 g/mol. The molecule has 12 heteroatoms. The second kappa shape index (κ2) is 8.41. The normalized spacial score (nSPS) is 17.3. The smallest absolute Gasteiger partial charge is 0.432 e. The molecule has 1 aromatic heterocycles. The lowest BCUT2D eigenvalue weighted by Crippen LogP contribution is -2.44. The van der Waals surface area contributed by atoms with Crippen molar-refractivity contribution in [1.82, 2.24) is 9.13 Å². The van der Waals surface area contributed by atoms with Crippen LogP contribution in [0.5, 0.6) is 5.75 Å². The predicted octanol–water partition coefficient (Wildman–Crippen LogP) is 3.10. The molecule has 0 aliphatic carbocycles. The maximum absolute atomic E-state index is 15.5. The highest BCUT2D eigenvalue weighted by Gasteiger charge is 2.47. The molecule has 0 spiro atoms. The van der Waals surface area contributed by atoms with Gasteiger partial charge in [-0.2, -0.15) is 13.2 Å². The summed E-state index contributed by atoms with van der Waals surface area (Å²) in [5.74, 6) is 0.952. The van der Waals surface area contributed by atoms with Gasteiger partial charge < -0.3 is 9.47 Å². The molecule has 0 amide bonds. The van der Waals surface area contributed by atoms with Gasteiger partial charge in [0.05, 0.1) is 18.4 Å². The molecule has 0 saturated heterocycles. The zero-order valence-corrected chi connectivity index (χ0v) is 21.2. The third-order valence-corrected chi connectivity index (χ3v) is 6.39. The quantitative estimate of drug-likeness (QED) is 0.268. The standard InChI is InChI=1S/C23H24F4N2O5Si/c1-12-18(23(25,26)27)28(3)21(32)29(19(12)30)16-14-11-22(2,20(31)33-4)34-17(14)13(10-15(16)24)8-9-35(5,6)7/h10H,11H2,1-7H3. The van der Waals surface area contributed by atoms with Gasteiger partial charge in [0.1, 0.15) is 25.3 Å². The predicted molar refractivity (Wildman–Crippen MR) is 122 cm³/mol. The minimum Gasteiger partial charge on any atom is -0.474 e. The van der Waals surface area contributed by atoms with E-state index >= 15 is 4.39 Å². The molecule has 1 aliphatic heterocycles. The molecule has 2 aromatic rings. The minimum absolute atomic E-state index is 0.0356. The Hall–Kier alpha value is -3.33. The molecule has 0 saturated carbocycles. The van der Waals surface area contributed by atoms with E-state index < -0.39 is 59.8 Å². The Morgan fingerprint density at radius 2 is 1.86 bits per heavy atom. The van der Waals surface area contributed by atoms with Crippen molar-refractivity contribution in [2.24, 2.45) is 7.05 Å². The van der Waals surface area contributed by atoms with Crippen LogP contribution in [0.15, 0.2) is 15.7 Å². The van der Waals surface area contributed by atoms with Gasteiger partial charge in [-0.25, -0.2) is 18.5 Å². The number of fused-ring (bicyclic) bond motifs is 1. The maximum Gasteiger partial charge on any atom is 0.432 e. The van der Waals surface area contributed by atoms with Crippen LogP contribution in [0, 0.1) is 24.2 Å². The molecule has 0 bridgehead atoms. The van der Waals surface area contributed by atoms with Crippen molar-refractivity contribution in [2.45, 2.75) is 51.7 Å². The lowest BCUT2D eigenvalue weighted by molar-refractivity contribution is -0.156. The van der Waals surface area contributed by atoms with E-state index in [9.17, 15) is 27.6 Å². The van der Waals surface area contributed by atoms with Crippen LogP contribution in [0.3, 0.4) is 0 Å². The highest BCUT2D eigenvalue weighted by molar-refractivity contribution is 6.83. The first-order chi connectivity index (χ1) is 15.9. The molecule has 0 radical (unpaired) electrons. The Morgan fingerprint density at radius 3 is 2.37 bits per heavy atom. The van der Waals surface area contributed by atoms with Crippen molar-refractivity contribution in [3.05, 3.63) is 55.1 Å². The summed E-state index contributed by atoms with van der Waals surface area (Å²) in [6.45, 7) is 8.16. The molecule has 1 unspecified atom stereocenters. The summed E-state index contributed by atoms with van der Waals surface area (Å²) >= 11 is 0. The van der Waals surface area contributed by atoms with Gasteiger partial charge in [-0.3, -0.25) is 9.36 Å². The van der Waals surface area contributed by atoms with Crippen LogP contribution in [0.1, 0.15) is 29.3 Å². The first-order valence-corrected chi connectivity index (χ1v) is 14.0. The second-order valence-corrected chi connectivity index (χ2v) is 14.3. The number of hydrogen-bond donors (Lipinski definition) is 0. The number of nitrogens with zero attached hydrogens (tertiary/aromatic N) is 2. The van der Waals surface area contributed by atoms with Crippen molar-refractivity contribution in [3.8, 4) is 22.9 Å². The van der Waals surface area contributed by atoms with E-state index in [0.717, 1.165) is 27.1 Å². The number of aromatic nitrogens is 2. The van der Waals surface area contributed by atoms with Crippen LogP contribution in [-0.2, 0) is 29.2 Å². The number of methoxy groups -OCH3 is 1. The fraction of sp³-hybridized carbons (Fsp3) is 0.435. The average Bonchev–Trinajstić information content (AvgIpc) is 3.09. The first kappa shape index (κ1) is 26.3. The molecule has 1 aliphatic rings. The molecule has 2 heterocycles. The van der Waals surface area contributed by atoms with E-state index in [4.69, 9.17) is 9.47 Å². The van der Waals surface area contributed by atoms with Gasteiger partial charge in [0, 0.05) is 24.6 Å². The Balaban J connectivity index is 2.44. The number of esters is 1. The zero-order chi connectivity index (χ0) is 26.7. The molecule has 3 rings (SSSR count). The molecule has 7 nitrogen and oxygen atoms in total. The lowest BCUT2D eigenvalue weighted by atomic mass is 9.96. The number of ether oxygens (including phenoxy) is 2. The van der Waals surface area contributed by atoms with E-state index in [1.807, 2.05) is 19.6 Å². The monoisotopic (exact) mass is 512 g/mol. The van der Waals surface area contributed by atoms with E-state index in [-0.39, 0.29) is 27.9 Å². The van der Waals surface area contributed by atoms with E-state index in [0.29, 0.717) is 4.57 Å². The fourth-order valence-corrected chi connectivity index (χ4v) is 4.44. The number of carbonyl (C=O) groups is 1. The van der Waals surface area contributed by atoms with Gasteiger partial charge in [0.15, 0.2) is 0 Å². The number of benzene rings is 1. The topological polar surface area (TPSA) is 79.5 Å². The number of halogens is 4. The largest absolute Gasteiger partial charge is 0.474 e. The summed E-state index contributed by atoms with van der Waals surface area (Å²) in [5.41, 5.74) is -4.09. The maximum atomic E-state index is 15.5. The molecule has 188 valence electrons. The molecule has 1 atom stereocenters. The Kier molecular flexibility index (Phi) is 6.31. The van der Waals surface area contributed by atoms with E-state index in [2.05, 4.69) is 11.5 Å². The summed E-state index contributed by atoms with van der Waals surface area (Å²) < 4.78 is 67.3. The Morgan fingerprint density at radius 1 is 1.26 bits per heavy atom.